The van der Waals surface area contributed by atoms with Crippen LogP contribution >= 0.6 is 11.3 Å². The Morgan fingerprint density at radius 1 is 1.39 bits per heavy atom. The summed E-state index contributed by atoms with van der Waals surface area (Å²) in [4.78, 5) is 6.43. The van der Waals surface area contributed by atoms with Crippen molar-refractivity contribution in [3.05, 3.63) is 15.6 Å². The second kappa shape index (κ2) is 4.58. The van der Waals surface area contributed by atoms with Crippen LogP contribution in [0.5, 0.6) is 0 Å². The average molecular weight is 266 g/mol. The van der Waals surface area contributed by atoms with Crippen LogP contribution in [0, 0.1) is 0 Å². The SMILES string of the molecule is COC1CC(NC(C)C)(c2nc3c(s2)CCC3)C1. The first kappa shape index (κ1) is 12.6. The molecule has 0 amide bonds. The van der Waals surface area contributed by atoms with Crippen molar-refractivity contribution in [2.75, 3.05) is 7.11 Å². The van der Waals surface area contributed by atoms with Gasteiger partial charge in [-0.3, -0.25) is 0 Å². The molecule has 2 aliphatic rings. The van der Waals surface area contributed by atoms with E-state index in [-0.39, 0.29) is 5.54 Å². The number of hydrogen-bond acceptors (Lipinski definition) is 4. The molecule has 1 fully saturated rings. The summed E-state index contributed by atoms with van der Waals surface area (Å²) >= 11 is 1.93. The number of ether oxygens (including phenoxy) is 1. The molecule has 3 rings (SSSR count). The summed E-state index contributed by atoms with van der Waals surface area (Å²) in [7, 11) is 1.81. The van der Waals surface area contributed by atoms with Gasteiger partial charge in [0.2, 0.25) is 0 Å². The molecule has 1 aromatic heterocycles. The van der Waals surface area contributed by atoms with E-state index < -0.39 is 0 Å². The monoisotopic (exact) mass is 266 g/mol. The standard InChI is InChI=1S/C14H22N2OS/c1-9(2)16-14(7-10(8-14)17-3)13-15-11-5-4-6-12(11)18-13/h9-10,16H,4-8H2,1-3H3. The molecule has 3 nitrogen and oxygen atoms in total. The Morgan fingerprint density at radius 3 is 2.78 bits per heavy atom. The van der Waals surface area contributed by atoms with Crippen molar-refractivity contribution in [1.29, 1.82) is 0 Å². The van der Waals surface area contributed by atoms with Crippen LogP contribution < -0.4 is 5.32 Å². The van der Waals surface area contributed by atoms with Gasteiger partial charge in [-0.1, -0.05) is 0 Å². The molecule has 18 heavy (non-hydrogen) atoms. The molecule has 0 bridgehead atoms. The maximum absolute atomic E-state index is 5.46. The molecule has 0 aliphatic heterocycles. The molecule has 1 heterocycles. The van der Waals surface area contributed by atoms with Gasteiger partial charge in [-0.05, 0) is 46.0 Å². The summed E-state index contributed by atoms with van der Waals surface area (Å²) < 4.78 is 5.46. The molecule has 0 atom stereocenters. The number of aromatic nitrogens is 1. The third-order valence-electron chi connectivity index (χ3n) is 4.06. The van der Waals surface area contributed by atoms with E-state index in [9.17, 15) is 0 Å². The van der Waals surface area contributed by atoms with E-state index in [0.29, 0.717) is 12.1 Å². The van der Waals surface area contributed by atoms with Gasteiger partial charge in [0.25, 0.3) is 0 Å². The Labute approximate surface area is 113 Å². The summed E-state index contributed by atoms with van der Waals surface area (Å²) in [5.74, 6) is 0. The van der Waals surface area contributed by atoms with Crippen LogP contribution in [0.1, 0.15) is 48.7 Å². The van der Waals surface area contributed by atoms with Crippen molar-refractivity contribution in [3.8, 4) is 0 Å². The van der Waals surface area contributed by atoms with Gasteiger partial charge in [-0.25, -0.2) is 4.98 Å². The van der Waals surface area contributed by atoms with Gasteiger partial charge in [0, 0.05) is 18.0 Å². The zero-order valence-corrected chi connectivity index (χ0v) is 12.3. The molecule has 0 saturated heterocycles. The summed E-state index contributed by atoms with van der Waals surface area (Å²) in [6, 6.07) is 0.488. The molecular formula is C14H22N2OS. The molecule has 0 unspecified atom stereocenters. The fourth-order valence-corrected chi connectivity index (χ4v) is 4.51. The highest BCUT2D eigenvalue weighted by Crippen LogP contribution is 2.46. The molecule has 2 aliphatic carbocycles. The fourth-order valence-electron chi connectivity index (χ4n) is 3.19. The van der Waals surface area contributed by atoms with E-state index in [1.165, 1.54) is 34.8 Å². The Balaban J connectivity index is 1.84. The van der Waals surface area contributed by atoms with E-state index in [4.69, 9.17) is 9.72 Å². The maximum atomic E-state index is 5.46. The average Bonchev–Trinajstić information content (AvgIpc) is 2.81. The zero-order chi connectivity index (χ0) is 12.8. The van der Waals surface area contributed by atoms with Crippen LogP contribution in [0.4, 0.5) is 0 Å². The first-order valence-corrected chi connectivity index (χ1v) is 7.74. The normalized spacial score (nSPS) is 30.6. The predicted molar refractivity (Wildman–Crippen MR) is 74.1 cm³/mol. The summed E-state index contributed by atoms with van der Waals surface area (Å²) in [6.07, 6.45) is 6.23. The summed E-state index contributed by atoms with van der Waals surface area (Å²) in [5.41, 5.74) is 1.45. The highest BCUT2D eigenvalue weighted by molar-refractivity contribution is 7.12. The third-order valence-corrected chi connectivity index (χ3v) is 5.42. The zero-order valence-electron chi connectivity index (χ0n) is 11.5. The van der Waals surface area contributed by atoms with Crippen LogP contribution in [0.15, 0.2) is 0 Å². The second-order valence-corrected chi connectivity index (χ2v) is 6.97. The van der Waals surface area contributed by atoms with E-state index in [1.54, 1.807) is 0 Å². The maximum Gasteiger partial charge on any atom is 0.113 e. The van der Waals surface area contributed by atoms with Gasteiger partial charge >= 0.3 is 0 Å². The Bertz CT molecular complexity index is 414. The Morgan fingerprint density at radius 2 is 2.17 bits per heavy atom. The molecule has 1 N–H and O–H groups in total. The van der Waals surface area contributed by atoms with Crippen molar-refractivity contribution < 1.29 is 4.74 Å². The van der Waals surface area contributed by atoms with Gasteiger partial charge in [-0.15, -0.1) is 11.3 Å². The van der Waals surface area contributed by atoms with Crippen LogP contribution in [0.3, 0.4) is 0 Å². The molecule has 100 valence electrons. The van der Waals surface area contributed by atoms with Crippen LogP contribution in [0.2, 0.25) is 0 Å². The summed E-state index contributed by atoms with van der Waals surface area (Å²) in [5, 5.41) is 5.03. The molecule has 4 heteroatoms. The number of methoxy groups -OCH3 is 1. The van der Waals surface area contributed by atoms with Gasteiger partial charge in [0.15, 0.2) is 0 Å². The largest absolute Gasteiger partial charge is 0.381 e. The highest BCUT2D eigenvalue weighted by Gasteiger charge is 2.48. The van der Waals surface area contributed by atoms with Crippen molar-refractivity contribution >= 4 is 11.3 Å². The number of nitrogens with zero attached hydrogens (tertiary/aromatic N) is 1. The minimum atomic E-state index is 0.0872. The quantitative estimate of drug-likeness (QED) is 0.909. The van der Waals surface area contributed by atoms with Crippen LogP contribution in [-0.4, -0.2) is 24.2 Å². The van der Waals surface area contributed by atoms with Crippen LogP contribution in [-0.2, 0) is 23.1 Å². The third kappa shape index (κ3) is 2.00. The van der Waals surface area contributed by atoms with Crippen molar-refractivity contribution in [2.45, 2.75) is 63.6 Å². The van der Waals surface area contributed by atoms with E-state index >= 15 is 0 Å². The molecular weight excluding hydrogens is 244 g/mol. The second-order valence-electron chi connectivity index (χ2n) is 5.89. The number of nitrogens with one attached hydrogen (secondary N) is 1. The molecule has 0 radical (unpaired) electrons. The lowest BCUT2D eigenvalue weighted by molar-refractivity contribution is -0.0365. The molecule has 0 aromatic carbocycles. The minimum absolute atomic E-state index is 0.0872. The van der Waals surface area contributed by atoms with Gasteiger partial charge < -0.3 is 10.1 Å². The lowest BCUT2D eigenvalue weighted by Crippen LogP contribution is -2.57. The Kier molecular flexibility index (Phi) is 3.20. The van der Waals surface area contributed by atoms with Gasteiger partial charge in [0.05, 0.1) is 17.3 Å². The highest BCUT2D eigenvalue weighted by atomic mass is 32.1. The van der Waals surface area contributed by atoms with Crippen LogP contribution in [0.25, 0.3) is 0 Å². The Hall–Kier alpha value is -0.450. The lowest BCUT2D eigenvalue weighted by Gasteiger charge is -2.47. The first-order chi connectivity index (χ1) is 8.63. The van der Waals surface area contributed by atoms with Crippen molar-refractivity contribution in [3.63, 3.8) is 0 Å². The number of rotatable bonds is 4. The predicted octanol–water partition coefficient (Wildman–Crippen LogP) is 2.63. The van der Waals surface area contributed by atoms with Gasteiger partial charge in [0.1, 0.15) is 5.01 Å². The number of aryl methyl sites for hydroxylation is 2. The van der Waals surface area contributed by atoms with Gasteiger partial charge in [-0.2, -0.15) is 0 Å². The topological polar surface area (TPSA) is 34.1 Å². The van der Waals surface area contributed by atoms with Crippen molar-refractivity contribution in [1.82, 2.24) is 10.3 Å². The fraction of sp³-hybridized carbons (Fsp3) is 0.786. The van der Waals surface area contributed by atoms with E-state index in [1.807, 2.05) is 18.4 Å². The van der Waals surface area contributed by atoms with Crippen molar-refractivity contribution in [2.24, 2.45) is 0 Å². The molecule has 0 spiro atoms. The summed E-state index contributed by atoms with van der Waals surface area (Å²) in [6.45, 7) is 4.42. The van der Waals surface area contributed by atoms with E-state index in [2.05, 4.69) is 19.2 Å². The van der Waals surface area contributed by atoms with E-state index in [0.717, 1.165) is 12.8 Å². The number of hydrogen-bond donors (Lipinski definition) is 1. The number of fused-ring (bicyclic) bond motifs is 1. The minimum Gasteiger partial charge on any atom is -0.381 e. The smallest absolute Gasteiger partial charge is 0.113 e. The number of thiazole rings is 1. The first-order valence-electron chi connectivity index (χ1n) is 6.92. The molecule has 1 aromatic rings. The molecule has 1 saturated carbocycles. The lowest BCUT2D eigenvalue weighted by atomic mass is 9.74.